The van der Waals surface area contributed by atoms with Crippen molar-refractivity contribution in [1.29, 1.82) is 0 Å². The maximum absolute atomic E-state index is 12.6. The average molecular weight is 401 g/mol. The van der Waals surface area contributed by atoms with E-state index in [0.29, 0.717) is 28.0 Å². The number of hydrogen-bond acceptors (Lipinski definition) is 8. The number of amides is 1. The van der Waals surface area contributed by atoms with Gasteiger partial charge in [-0.1, -0.05) is 18.7 Å². The Morgan fingerprint density at radius 1 is 1.18 bits per heavy atom. The monoisotopic (exact) mass is 401 g/mol. The van der Waals surface area contributed by atoms with E-state index in [1.54, 1.807) is 18.2 Å². The number of thioether (sulfide) groups is 1. The zero-order valence-corrected chi connectivity index (χ0v) is 16.4. The molecule has 0 fully saturated rings. The normalized spacial score (nSPS) is 10.7. The summed E-state index contributed by atoms with van der Waals surface area (Å²) in [5.41, 5.74) is 0.425. The Bertz CT molecular complexity index is 1050. The highest BCUT2D eigenvalue weighted by atomic mass is 32.2. The molecule has 1 N–H and O–H groups in total. The van der Waals surface area contributed by atoms with Crippen molar-refractivity contribution in [3.05, 3.63) is 41.1 Å². The molecule has 0 saturated carbocycles. The molecule has 0 aliphatic heterocycles. The molecule has 1 aromatic carbocycles. The SMILES string of the molecule is CCSc1ncc2c(=O)n(CC(=O)Nc3cc(OC)cc(OC)c3)cnc2n1. The maximum Gasteiger partial charge on any atom is 0.264 e. The van der Waals surface area contributed by atoms with Gasteiger partial charge < -0.3 is 14.8 Å². The fourth-order valence-electron chi connectivity index (χ4n) is 2.48. The lowest BCUT2D eigenvalue weighted by Crippen LogP contribution is -2.28. The van der Waals surface area contributed by atoms with Gasteiger partial charge in [0, 0.05) is 30.1 Å². The summed E-state index contributed by atoms with van der Waals surface area (Å²) in [6.45, 7) is 1.78. The summed E-state index contributed by atoms with van der Waals surface area (Å²) in [6.07, 6.45) is 2.75. The van der Waals surface area contributed by atoms with Crippen molar-refractivity contribution in [2.45, 2.75) is 18.6 Å². The fraction of sp³-hybridized carbons (Fsp3) is 0.278. The van der Waals surface area contributed by atoms with Gasteiger partial charge in [0.05, 0.1) is 14.2 Å². The molecule has 0 atom stereocenters. The lowest BCUT2D eigenvalue weighted by atomic mass is 10.2. The molecular formula is C18H19N5O4S. The van der Waals surface area contributed by atoms with E-state index in [1.807, 2.05) is 6.92 Å². The van der Waals surface area contributed by atoms with Crippen LogP contribution in [0.25, 0.3) is 11.0 Å². The second-order valence-corrected chi connectivity index (χ2v) is 6.88. The van der Waals surface area contributed by atoms with Crippen molar-refractivity contribution in [2.24, 2.45) is 0 Å². The topological polar surface area (TPSA) is 108 Å². The van der Waals surface area contributed by atoms with Gasteiger partial charge in [-0.3, -0.25) is 14.2 Å². The Hall–Kier alpha value is -3.14. The average Bonchev–Trinajstić information content (AvgIpc) is 2.70. The largest absolute Gasteiger partial charge is 0.497 e. The second kappa shape index (κ2) is 8.70. The number of hydrogen-bond donors (Lipinski definition) is 1. The minimum atomic E-state index is -0.391. The molecule has 0 spiro atoms. The predicted molar refractivity (Wildman–Crippen MR) is 106 cm³/mol. The summed E-state index contributed by atoms with van der Waals surface area (Å²) in [7, 11) is 3.04. The van der Waals surface area contributed by atoms with Gasteiger partial charge in [-0.15, -0.1) is 0 Å². The molecule has 0 aliphatic carbocycles. The van der Waals surface area contributed by atoms with E-state index in [-0.39, 0.29) is 17.5 Å². The number of nitrogens with one attached hydrogen (secondary N) is 1. The lowest BCUT2D eigenvalue weighted by Gasteiger charge is -2.11. The van der Waals surface area contributed by atoms with Gasteiger partial charge in [0.2, 0.25) is 5.91 Å². The van der Waals surface area contributed by atoms with Crippen LogP contribution in [0.15, 0.2) is 40.7 Å². The molecule has 3 aromatic rings. The summed E-state index contributed by atoms with van der Waals surface area (Å²) < 4.78 is 11.6. The number of benzene rings is 1. The molecule has 10 heteroatoms. The van der Waals surface area contributed by atoms with Gasteiger partial charge in [-0.05, 0) is 5.75 Å². The Balaban J connectivity index is 1.80. The molecule has 146 valence electrons. The molecular weight excluding hydrogens is 382 g/mol. The van der Waals surface area contributed by atoms with Crippen LogP contribution in [-0.2, 0) is 11.3 Å². The highest BCUT2D eigenvalue weighted by molar-refractivity contribution is 7.99. The molecule has 2 aromatic heterocycles. The zero-order valence-electron chi connectivity index (χ0n) is 15.6. The minimum absolute atomic E-state index is 0.202. The van der Waals surface area contributed by atoms with Gasteiger partial charge >= 0.3 is 0 Å². The minimum Gasteiger partial charge on any atom is -0.497 e. The third kappa shape index (κ3) is 4.39. The zero-order chi connectivity index (χ0) is 20.1. The predicted octanol–water partition coefficient (Wildman–Crippen LogP) is 1.95. The highest BCUT2D eigenvalue weighted by Gasteiger charge is 2.12. The second-order valence-electron chi connectivity index (χ2n) is 5.65. The van der Waals surface area contributed by atoms with Gasteiger partial charge in [-0.25, -0.2) is 15.0 Å². The highest BCUT2D eigenvalue weighted by Crippen LogP contribution is 2.25. The first-order valence-electron chi connectivity index (χ1n) is 8.42. The Morgan fingerprint density at radius 2 is 1.89 bits per heavy atom. The van der Waals surface area contributed by atoms with Crippen LogP contribution in [-0.4, -0.2) is 45.4 Å². The molecule has 28 heavy (non-hydrogen) atoms. The Kier molecular flexibility index (Phi) is 6.09. The first kappa shape index (κ1) is 19.6. The molecule has 3 rings (SSSR count). The van der Waals surface area contributed by atoms with Crippen LogP contribution >= 0.6 is 11.8 Å². The molecule has 9 nitrogen and oxygen atoms in total. The number of ether oxygens (including phenoxy) is 2. The van der Waals surface area contributed by atoms with Crippen molar-refractivity contribution in [3.63, 3.8) is 0 Å². The van der Waals surface area contributed by atoms with E-state index in [9.17, 15) is 9.59 Å². The van der Waals surface area contributed by atoms with Gasteiger partial charge in [0.25, 0.3) is 5.56 Å². The van der Waals surface area contributed by atoms with Gasteiger partial charge in [0.15, 0.2) is 10.8 Å². The lowest BCUT2D eigenvalue weighted by molar-refractivity contribution is -0.116. The fourth-order valence-corrected chi connectivity index (χ4v) is 3.02. The van der Waals surface area contributed by atoms with E-state index in [2.05, 4.69) is 20.3 Å². The number of aromatic nitrogens is 4. The first-order valence-corrected chi connectivity index (χ1v) is 9.40. The molecule has 0 aliphatic rings. The van der Waals surface area contributed by atoms with Crippen molar-refractivity contribution in [1.82, 2.24) is 19.5 Å². The van der Waals surface area contributed by atoms with E-state index in [4.69, 9.17) is 9.47 Å². The van der Waals surface area contributed by atoms with Crippen LogP contribution in [0.5, 0.6) is 11.5 Å². The third-order valence-electron chi connectivity index (χ3n) is 3.78. The summed E-state index contributed by atoms with van der Waals surface area (Å²) in [5.74, 6) is 1.50. The number of fused-ring (bicyclic) bond motifs is 1. The van der Waals surface area contributed by atoms with Gasteiger partial charge in [-0.2, -0.15) is 0 Å². The smallest absolute Gasteiger partial charge is 0.264 e. The molecule has 0 bridgehead atoms. The third-order valence-corrected chi connectivity index (χ3v) is 4.52. The molecule has 0 saturated heterocycles. The van der Waals surface area contributed by atoms with Crippen molar-refractivity contribution >= 4 is 34.4 Å². The summed E-state index contributed by atoms with van der Waals surface area (Å²) >= 11 is 1.46. The standard InChI is InChI=1S/C18H19N5O4S/c1-4-28-18-19-8-14-16(22-18)20-10-23(17(14)25)9-15(24)21-11-5-12(26-2)7-13(6-11)27-3/h5-8,10H,4,9H2,1-3H3,(H,21,24). The maximum atomic E-state index is 12.6. The van der Waals surface area contributed by atoms with Crippen molar-refractivity contribution in [3.8, 4) is 11.5 Å². The number of anilines is 1. The van der Waals surface area contributed by atoms with Crippen LogP contribution in [0.1, 0.15) is 6.92 Å². The summed E-state index contributed by atoms with van der Waals surface area (Å²) in [5, 5.41) is 3.54. The molecule has 1 amide bonds. The van der Waals surface area contributed by atoms with Crippen LogP contribution < -0.4 is 20.3 Å². The number of methoxy groups -OCH3 is 2. The van der Waals surface area contributed by atoms with E-state index >= 15 is 0 Å². The Labute approximate surface area is 165 Å². The van der Waals surface area contributed by atoms with E-state index in [0.717, 1.165) is 5.75 Å². The number of carbonyl (C=O) groups excluding carboxylic acids is 1. The first-order chi connectivity index (χ1) is 13.5. The van der Waals surface area contributed by atoms with Crippen LogP contribution in [0, 0.1) is 0 Å². The Morgan fingerprint density at radius 3 is 2.54 bits per heavy atom. The number of rotatable bonds is 7. The van der Waals surface area contributed by atoms with Crippen LogP contribution in [0.2, 0.25) is 0 Å². The van der Waals surface area contributed by atoms with Crippen molar-refractivity contribution in [2.75, 3.05) is 25.3 Å². The summed E-state index contributed by atoms with van der Waals surface area (Å²) in [4.78, 5) is 37.6. The molecule has 0 unspecified atom stereocenters. The van der Waals surface area contributed by atoms with Crippen molar-refractivity contribution < 1.29 is 14.3 Å². The number of carbonyl (C=O) groups is 1. The van der Waals surface area contributed by atoms with E-state index in [1.165, 1.54) is 43.1 Å². The van der Waals surface area contributed by atoms with Crippen LogP contribution in [0.3, 0.4) is 0 Å². The molecule has 2 heterocycles. The van der Waals surface area contributed by atoms with Gasteiger partial charge in [0.1, 0.15) is 29.8 Å². The van der Waals surface area contributed by atoms with Crippen LogP contribution in [0.4, 0.5) is 5.69 Å². The number of nitrogens with zero attached hydrogens (tertiary/aromatic N) is 4. The quantitative estimate of drug-likeness (QED) is 0.473. The molecule has 0 radical (unpaired) electrons. The summed E-state index contributed by atoms with van der Waals surface area (Å²) in [6, 6.07) is 5.00. The van der Waals surface area contributed by atoms with E-state index < -0.39 is 5.91 Å².